The van der Waals surface area contributed by atoms with Crippen LogP contribution in [0.3, 0.4) is 0 Å². The number of ketones is 1. The van der Waals surface area contributed by atoms with Gasteiger partial charge in [0, 0.05) is 16.4 Å². The van der Waals surface area contributed by atoms with Crippen molar-refractivity contribution in [3.05, 3.63) is 20.8 Å². The Morgan fingerprint density at radius 2 is 2.50 bits per heavy atom. The molecule has 0 radical (unpaired) electrons. The molecule has 0 saturated carbocycles. The van der Waals surface area contributed by atoms with E-state index in [9.17, 15) is 4.79 Å². The van der Waals surface area contributed by atoms with Gasteiger partial charge in [0.2, 0.25) is 0 Å². The molecule has 1 aromatic rings. The van der Waals surface area contributed by atoms with Crippen molar-refractivity contribution in [3.63, 3.8) is 0 Å². The van der Waals surface area contributed by atoms with Crippen LogP contribution in [0.1, 0.15) is 35.9 Å². The van der Waals surface area contributed by atoms with Gasteiger partial charge in [-0.15, -0.1) is 11.3 Å². The maximum Gasteiger partial charge on any atom is 0.181 e. The lowest BCUT2D eigenvalue weighted by atomic mass is 9.78. The zero-order chi connectivity index (χ0) is 11.6. The number of hydrogen-bond acceptors (Lipinski definition) is 3. The minimum absolute atomic E-state index is 0.151. The fraction of sp³-hybridized carbons (Fsp3) is 0.583. The monoisotopic (exact) mass is 301 g/mol. The van der Waals surface area contributed by atoms with Crippen LogP contribution in [0.5, 0.6) is 0 Å². The first kappa shape index (κ1) is 12.3. The molecule has 2 nitrogen and oxygen atoms in total. The van der Waals surface area contributed by atoms with Crippen molar-refractivity contribution in [2.75, 3.05) is 13.1 Å². The molecule has 1 aliphatic heterocycles. The molecule has 16 heavy (non-hydrogen) atoms. The van der Waals surface area contributed by atoms with Crippen LogP contribution >= 0.6 is 27.3 Å². The van der Waals surface area contributed by atoms with Crippen LogP contribution in [0.25, 0.3) is 0 Å². The van der Waals surface area contributed by atoms with Crippen LogP contribution in [0, 0.1) is 5.41 Å². The highest BCUT2D eigenvalue weighted by Gasteiger charge is 2.41. The van der Waals surface area contributed by atoms with Crippen molar-refractivity contribution in [1.82, 2.24) is 5.32 Å². The quantitative estimate of drug-likeness (QED) is 0.863. The molecule has 0 spiro atoms. The lowest BCUT2D eigenvalue weighted by Gasteiger charge is -2.25. The van der Waals surface area contributed by atoms with Gasteiger partial charge in [0.05, 0.1) is 4.88 Å². The number of carbonyl (C=O) groups excluding carboxylic acids is 1. The van der Waals surface area contributed by atoms with Crippen LogP contribution < -0.4 is 5.32 Å². The lowest BCUT2D eigenvalue weighted by molar-refractivity contribution is 0.0805. The standard InChI is InChI=1S/C12H16BrNOS/c1-2-4-12(5-6-14-8-12)11(15)10-9(13)3-7-16-10/h3,7,14H,2,4-6,8H2,1H3. The van der Waals surface area contributed by atoms with Gasteiger partial charge in [-0.05, 0) is 46.8 Å². The second-order valence-corrected chi connectivity index (χ2v) is 6.15. The molecule has 88 valence electrons. The highest BCUT2D eigenvalue weighted by Crippen LogP contribution is 2.38. The molecule has 1 aromatic heterocycles. The van der Waals surface area contributed by atoms with E-state index in [4.69, 9.17) is 0 Å². The highest BCUT2D eigenvalue weighted by atomic mass is 79.9. The summed E-state index contributed by atoms with van der Waals surface area (Å²) in [5.74, 6) is 0.321. The Labute approximate surface area is 109 Å². The summed E-state index contributed by atoms with van der Waals surface area (Å²) in [5.41, 5.74) is -0.151. The van der Waals surface area contributed by atoms with E-state index in [0.717, 1.165) is 41.7 Å². The van der Waals surface area contributed by atoms with Crippen LogP contribution in [0.15, 0.2) is 15.9 Å². The second kappa shape index (κ2) is 4.98. The predicted molar refractivity (Wildman–Crippen MR) is 71.2 cm³/mol. The minimum Gasteiger partial charge on any atom is -0.316 e. The van der Waals surface area contributed by atoms with Crippen molar-refractivity contribution >= 4 is 33.0 Å². The number of Topliss-reactive ketones (excluding diaryl/α,β-unsaturated/α-hetero) is 1. The van der Waals surface area contributed by atoms with E-state index < -0.39 is 0 Å². The summed E-state index contributed by atoms with van der Waals surface area (Å²) in [6, 6.07) is 1.96. The van der Waals surface area contributed by atoms with Crippen molar-refractivity contribution in [1.29, 1.82) is 0 Å². The normalized spacial score (nSPS) is 24.9. The van der Waals surface area contributed by atoms with Crippen molar-refractivity contribution < 1.29 is 4.79 Å². The Balaban J connectivity index is 2.27. The maximum atomic E-state index is 12.6. The summed E-state index contributed by atoms with van der Waals surface area (Å²) in [6.07, 6.45) is 3.03. The summed E-state index contributed by atoms with van der Waals surface area (Å²) in [7, 11) is 0. The fourth-order valence-corrected chi connectivity index (χ4v) is 4.05. The van der Waals surface area contributed by atoms with Crippen LogP contribution in [-0.4, -0.2) is 18.9 Å². The number of rotatable bonds is 4. The lowest BCUT2D eigenvalue weighted by Crippen LogP contribution is -2.33. The van der Waals surface area contributed by atoms with Gasteiger partial charge in [0.1, 0.15) is 0 Å². The zero-order valence-electron chi connectivity index (χ0n) is 9.38. The average molecular weight is 302 g/mol. The molecule has 0 bridgehead atoms. The molecular formula is C12H16BrNOS. The Morgan fingerprint density at radius 3 is 3.00 bits per heavy atom. The molecule has 0 aliphatic carbocycles. The van der Waals surface area contributed by atoms with Gasteiger partial charge < -0.3 is 5.32 Å². The Bertz CT molecular complexity index is 382. The van der Waals surface area contributed by atoms with Gasteiger partial charge in [-0.2, -0.15) is 0 Å². The molecule has 1 atom stereocenters. The largest absolute Gasteiger partial charge is 0.316 e. The molecule has 1 saturated heterocycles. The van der Waals surface area contributed by atoms with E-state index in [1.165, 1.54) is 0 Å². The summed E-state index contributed by atoms with van der Waals surface area (Å²) in [6.45, 7) is 3.95. The van der Waals surface area contributed by atoms with Crippen LogP contribution in [0.2, 0.25) is 0 Å². The third-order valence-electron chi connectivity index (χ3n) is 3.28. The topological polar surface area (TPSA) is 29.1 Å². The smallest absolute Gasteiger partial charge is 0.181 e. The highest BCUT2D eigenvalue weighted by molar-refractivity contribution is 9.10. The summed E-state index contributed by atoms with van der Waals surface area (Å²) in [5, 5.41) is 5.30. The molecule has 1 unspecified atom stereocenters. The molecule has 0 amide bonds. The average Bonchev–Trinajstić information content (AvgIpc) is 2.87. The van der Waals surface area contributed by atoms with Crippen molar-refractivity contribution in [2.24, 2.45) is 5.41 Å². The van der Waals surface area contributed by atoms with Gasteiger partial charge in [0.25, 0.3) is 0 Å². The van der Waals surface area contributed by atoms with E-state index in [1.807, 2.05) is 11.4 Å². The SMILES string of the molecule is CCCC1(C(=O)c2sccc2Br)CCNC1. The summed E-state index contributed by atoms with van der Waals surface area (Å²) in [4.78, 5) is 13.5. The number of halogens is 1. The summed E-state index contributed by atoms with van der Waals surface area (Å²) < 4.78 is 0.949. The third-order valence-corrected chi connectivity index (χ3v) is 5.11. The van der Waals surface area contributed by atoms with Crippen LogP contribution in [-0.2, 0) is 0 Å². The predicted octanol–water partition coefficient (Wildman–Crippen LogP) is 3.47. The second-order valence-electron chi connectivity index (χ2n) is 4.38. The van der Waals surface area contributed by atoms with E-state index in [0.29, 0.717) is 5.78 Å². The van der Waals surface area contributed by atoms with Crippen molar-refractivity contribution in [3.8, 4) is 0 Å². The first-order chi connectivity index (χ1) is 7.69. The van der Waals surface area contributed by atoms with E-state index in [2.05, 4.69) is 28.2 Å². The summed E-state index contributed by atoms with van der Waals surface area (Å²) >= 11 is 5.00. The molecule has 1 aliphatic rings. The number of carbonyl (C=O) groups is 1. The maximum absolute atomic E-state index is 12.6. The minimum atomic E-state index is -0.151. The molecule has 2 rings (SSSR count). The Morgan fingerprint density at radius 1 is 1.69 bits per heavy atom. The first-order valence-corrected chi connectivity index (χ1v) is 7.35. The molecule has 0 aromatic carbocycles. The van der Waals surface area contributed by atoms with Crippen molar-refractivity contribution in [2.45, 2.75) is 26.2 Å². The van der Waals surface area contributed by atoms with Gasteiger partial charge in [0.15, 0.2) is 5.78 Å². The zero-order valence-corrected chi connectivity index (χ0v) is 11.8. The van der Waals surface area contributed by atoms with Gasteiger partial charge in [-0.3, -0.25) is 4.79 Å². The molecule has 2 heterocycles. The van der Waals surface area contributed by atoms with Gasteiger partial charge in [-0.25, -0.2) is 0 Å². The van der Waals surface area contributed by atoms with Gasteiger partial charge in [-0.1, -0.05) is 13.3 Å². The number of hydrogen-bond donors (Lipinski definition) is 1. The fourth-order valence-electron chi connectivity index (χ4n) is 2.44. The molecular weight excluding hydrogens is 286 g/mol. The third kappa shape index (κ3) is 2.11. The van der Waals surface area contributed by atoms with Crippen LogP contribution in [0.4, 0.5) is 0 Å². The number of nitrogens with one attached hydrogen (secondary N) is 1. The van der Waals surface area contributed by atoms with E-state index >= 15 is 0 Å². The van der Waals surface area contributed by atoms with Gasteiger partial charge >= 0.3 is 0 Å². The molecule has 1 N–H and O–H groups in total. The number of thiophene rings is 1. The Hall–Kier alpha value is -0.190. The first-order valence-electron chi connectivity index (χ1n) is 5.68. The molecule has 1 fully saturated rings. The molecule has 4 heteroatoms. The van der Waals surface area contributed by atoms with E-state index in [-0.39, 0.29) is 5.41 Å². The Kier molecular flexibility index (Phi) is 3.82. The van der Waals surface area contributed by atoms with E-state index in [1.54, 1.807) is 11.3 Å².